The number of benzene rings is 2. The van der Waals surface area contributed by atoms with Gasteiger partial charge in [-0.3, -0.25) is 14.4 Å². The fraction of sp³-hybridized carbons (Fsp3) is 0.342. The maximum Gasteiger partial charge on any atom is 0.332 e. The van der Waals surface area contributed by atoms with Crippen molar-refractivity contribution in [2.24, 2.45) is 0 Å². The van der Waals surface area contributed by atoms with Crippen molar-refractivity contribution in [3.8, 4) is 0 Å². The molecule has 0 spiro atoms. The second kappa shape index (κ2) is 20.2. The molecule has 12 heteroatoms. The molecular weight excluding hydrogens is 681 g/mol. The molecule has 0 radical (unpaired) electrons. The van der Waals surface area contributed by atoms with E-state index in [4.69, 9.17) is 23.7 Å². The normalized spacial score (nSPS) is 12.1. The summed E-state index contributed by atoms with van der Waals surface area (Å²) in [7, 11) is 0. The highest BCUT2D eigenvalue weighted by molar-refractivity contribution is 7.14. The molecular formula is C38H40O10S2. The van der Waals surface area contributed by atoms with Crippen molar-refractivity contribution in [2.75, 3.05) is 46.2 Å². The van der Waals surface area contributed by atoms with Crippen molar-refractivity contribution in [2.45, 2.75) is 38.5 Å². The van der Waals surface area contributed by atoms with E-state index in [1.54, 1.807) is 43.3 Å². The van der Waals surface area contributed by atoms with Crippen molar-refractivity contribution in [3.05, 3.63) is 116 Å². The molecule has 4 aromatic rings. The first-order chi connectivity index (χ1) is 24.2. The molecule has 0 bridgehead atoms. The monoisotopic (exact) mass is 720 g/mol. The summed E-state index contributed by atoms with van der Waals surface area (Å²) in [6, 6.07) is 25.4. The Morgan fingerprint density at radius 2 is 1.04 bits per heavy atom. The fourth-order valence-electron chi connectivity index (χ4n) is 4.69. The number of hydrogen-bond acceptors (Lipinski definition) is 12. The average Bonchev–Trinajstić information content (AvgIpc) is 3.84. The molecule has 0 aliphatic heterocycles. The SMILES string of the molecule is C[C@@H](CCCOCC(=O)OCCOC(=O)COCCOC(=O)[C@H](C)c1ccc(C(=O)c2ccccc2)s1)c1ccc(C(=O)c2ccccc2)s1. The van der Waals surface area contributed by atoms with Gasteiger partial charge in [-0.1, -0.05) is 67.6 Å². The van der Waals surface area contributed by atoms with E-state index in [0.717, 1.165) is 17.7 Å². The molecule has 0 saturated carbocycles. The number of carbonyl (C=O) groups excluding carboxylic acids is 5. The minimum Gasteiger partial charge on any atom is -0.463 e. The van der Waals surface area contributed by atoms with E-state index in [1.807, 2.05) is 48.5 Å². The molecule has 4 rings (SSSR count). The predicted octanol–water partition coefficient (Wildman–Crippen LogP) is 6.62. The standard InChI is InChI=1S/C38H40O10S2/c1-26(30-15-17-32(49-30)36(41)28-11-5-3-6-12-28)10-9-19-44-24-34(39)46-22-23-47-35(40)25-45-20-21-48-38(43)27(2)31-16-18-33(50-31)37(42)29-13-7-4-8-14-29/h3-8,11-18,26-27H,9-10,19-25H2,1-2H3/t26-,27+/m0/s1. The fourth-order valence-corrected chi connectivity index (χ4v) is 6.76. The Bertz CT molecular complexity index is 1700. The molecule has 2 aromatic heterocycles. The van der Waals surface area contributed by atoms with Gasteiger partial charge in [-0.25, -0.2) is 9.59 Å². The van der Waals surface area contributed by atoms with Gasteiger partial charge in [-0.2, -0.15) is 0 Å². The van der Waals surface area contributed by atoms with Crippen LogP contribution >= 0.6 is 22.7 Å². The van der Waals surface area contributed by atoms with Gasteiger partial charge in [0.25, 0.3) is 0 Å². The second-order valence-corrected chi connectivity index (χ2v) is 13.5. The summed E-state index contributed by atoms with van der Waals surface area (Å²) >= 11 is 2.75. The van der Waals surface area contributed by atoms with Crippen LogP contribution in [-0.4, -0.2) is 75.7 Å². The maximum absolute atomic E-state index is 12.6. The van der Waals surface area contributed by atoms with Gasteiger partial charge in [0, 0.05) is 27.5 Å². The minimum atomic E-state index is -0.650. The third-order valence-electron chi connectivity index (χ3n) is 7.49. The van der Waals surface area contributed by atoms with Gasteiger partial charge < -0.3 is 23.7 Å². The number of esters is 3. The number of thiophene rings is 2. The van der Waals surface area contributed by atoms with Gasteiger partial charge in [-0.15, -0.1) is 22.7 Å². The zero-order valence-electron chi connectivity index (χ0n) is 28.0. The molecule has 264 valence electrons. The lowest BCUT2D eigenvalue weighted by Gasteiger charge is -2.11. The number of ether oxygens (including phenoxy) is 5. The van der Waals surface area contributed by atoms with Gasteiger partial charge in [0.05, 0.1) is 22.3 Å². The molecule has 0 amide bonds. The number of ketones is 2. The lowest BCUT2D eigenvalue weighted by molar-refractivity contribution is -0.158. The molecule has 0 N–H and O–H groups in total. The van der Waals surface area contributed by atoms with E-state index in [2.05, 4.69) is 6.92 Å². The summed E-state index contributed by atoms with van der Waals surface area (Å²) in [5.41, 5.74) is 1.25. The van der Waals surface area contributed by atoms with Crippen LogP contribution in [0.2, 0.25) is 0 Å². The summed E-state index contributed by atoms with van der Waals surface area (Å²) in [4.78, 5) is 64.6. The quantitative estimate of drug-likeness (QED) is 0.0401. The highest BCUT2D eigenvalue weighted by atomic mass is 32.1. The van der Waals surface area contributed by atoms with Crippen molar-refractivity contribution >= 4 is 52.1 Å². The van der Waals surface area contributed by atoms with Crippen molar-refractivity contribution in [1.29, 1.82) is 0 Å². The lowest BCUT2D eigenvalue weighted by atomic mass is 10.0. The van der Waals surface area contributed by atoms with Crippen molar-refractivity contribution in [3.63, 3.8) is 0 Å². The van der Waals surface area contributed by atoms with Gasteiger partial charge in [-0.05, 0) is 49.9 Å². The Labute approximate surface area is 299 Å². The smallest absolute Gasteiger partial charge is 0.332 e. The van der Waals surface area contributed by atoms with Gasteiger partial charge in [0.2, 0.25) is 11.6 Å². The zero-order chi connectivity index (χ0) is 35.7. The number of carbonyl (C=O) groups is 5. The van der Waals surface area contributed by atoms with Crippen molar-refractivity contribution < 1.29 is 47.7 Å². The first-order valence-electron chi connectivity index (χ1n) is 16.2. The Balaban J connectivity index is 0.982. The Hall–Kier alpha value is -4.49. The molecule has 0 saturated heterocycles. The third kappa shape index (κ3) is 12.1. The van der Waals surface area contributed by atoms with E-state index >= 15 is 0 Å². The molecule has 2 atom stereocenters. The van der Waals surface area contributed by atoms with Crippen LogP contribution < -0.4 is 0 Å². The Kier molecular flexibility index (Phi) is 15.5. The maximum atomic E-state index is 12.6. The molecule has 2 aromatic carbocycles. The minimum absolute atomic E-state index is 0.0108. The topological polar surface area (TPSA) is 132 Å². The van der Waals surface area contributed by atoms with Crippen LogP contribution in [0.1, 0.15) is 78.7 Å². The van der Waals surface area contributed by atoms with Crippen LogP contribution in [0.3, 0.4) is 0 Å². The summed E-state index contributed by atoms with van der Waals surface area (Å²) < 4.78 is 25.9. The van der Waals surface area contributed by atoms with Crippen LogP contribution in [0.25, 0.3) is 0 Å². The van der Waals surface area contributed by atoms with E-state index in [9.17, 15) is 24.0 Å². The predicted molar refractivity (Wildman–Crippen MR) is 189 cm³/mol. The van der Waals surface area contributed by atoms with E-state index in [-0.39, 0.29) is 57.1 Å². The van der Waals surface area contributed by atoms with E-state index in [0.29, 0.717) is 32.4 Å². The molecule has 50 heavy (non-hydrogen) atoms. The zero-order valence-corrected chi connectivity index (χ0v) is 29.6. The van der Waals surface area contributed by atoms with Gasteiger partial charge >= 0.3 is 17.9 Å². The molecule has 0 aliphatic rings. The largest absolute Gasteiger partial charge is 0.463 e. The average molecular weight is 721 g/mol. The van der Waals surface area contributed by atoms with Crippen LogP contribution in [0.4, 0.5) is 0 Å². The van der Waals surface area contributed by atoms with E-state index < -0.39 is 23.8 Å². The number of rotatable bonds is 21. The van der Waals surface area contributed by atoms with Crippen molar-refractivity contribution in [1.82, 2.24) is 0 Å². The molecule has 0 fully saturated rings. The summed E-state index contributed by atoms with van der Waals surface area (Å²) in [5, 5.41) is 0. The Morgan fingerprint density at radius 3 is 1.60 bits per heavy atom. The van der Waals surface area contributed by atoms with Crippen LogP contribution in [-0.2, 0) is 38.1 Å². The van der Waals surface area contributed by atoms with Gasteiger partial charge in [0.1, 0.15) is 33.0 Å². The molecule has 0 aliphatic carbocycles. The third-order valence-corrected chi connectivity index (χ3v) is 10.1. The van der Waals surface area contributed by atoms with Crippen LogP contribution in [0.5, 0.6) is 0 Å². The van der Waals surface area contributed by atoms with Crippen LogP contribution in [0.15, 0.2) is 84.9 Å². The first kappa shape index (κ1) is 38.3. The molecule has 0 unspecified atom stereocenters. The van der Waals surface area contributed by atoms with Gasteiger partial charge in [0.15, 0.2) is 0 Å². The Morgan fingerprint density at radius 1 is 0.560 bits per heavy atom. The highest BCUT2D eigenvalue weighted by Crippen LogP contribution is 2.30. The molecule has 10 nitrogen and oxygen atoms in total. The van der Waals surface area contributed by atoms with E-state index in [1.165, 1.54) is 22.7 Å². The summed E-state index contributed by atoms with van der Waals surface area (Å²) in [6.07, 6.45) is 1.57. The second-order valence-electron chi connectivity index (χ2n) is 11.3. The van der Waals surface area contributed by atoms with Crippen LogP contribution in [0, 0.1) is 0 Å². The summed E-state index contributed by atoms with van der Waals surface area (Å²) in [6.45, 7) is 3.29. The summed E-state index contributed by atoms with van der Waals surface area (Å²) in [5.74, 6) is -2.09. The highest BCUT2D eigenvalue weighted by Gasteiger charge is 2.21. The molecule has 2 heterocycles. The first-order valence-corrected chi connectivity index (χ1v) is 17.9. The lowest BCUT2D eigenvalue weighted by Crippen LogP contribution is -2.21. The number of hydrogen-bond donors (Lipinski definition) is 0.